The lowest BCUT2D eigenvalue weighted by Gasteiger charge is -2.00. The maximum absolute atomic E-state index is 12.1. The highest BCUT2D eigenvalue weighted by Crippen LogP contribution is 2.29. The molecule has 10 heavy (non-hydrogen) atoms. The number of hydrogen-bond donors (Lipinski definition) is 0. The molecular weight excluding hydrogens is 162 g/mol. The fourth-order valence-corrected chi connectivity index (χ4v) is 0.601. The van der Waals surface area contributed by atoms with Crippen LogP contribution in [0.3, 0.4) is 0 Å². The Kier molecular flexibility index (Phi) is 1.64. The molecule has 0 N–H and O–H groups in total. The summed E-state index contributed by atoms with van der Waals surface area (Å²) >= 11 is 4.63. The van der Waals surface area contributed by atoms with Gasteiger partial charge in [0.25, 0.3) is 0 Å². The Morgan fingerprint density at radius 1 is 1.80 bits per heavy atom. The van der Waals surface area contributed by atoms with Crippen molar-refractivity contribution in [2.45, 2.75) is 5.38 Å². The molecule has 0 saturated carbocycles. The first kappa shape index (κ1) is 7.47. The molecule has 55 valence electrons. The largest absolute Gasteiger partial charge is 0.367 e. The highest BCUT2D eigenvalue weighted by Gasteiger charge is 2.30. The average Bonchev–Trinajstić information content (AvgIpc) is 2.11. The zero-order chi connectivity index (χ0) is 7.78. The van der Waals surface area contributed by atoms with Crippen LogP contribution in [-0.4, -0.2) is 9.78 Å². The molecule has 1 heterocycles. The third-order valence-electron chi connectivity index (χ3n) is 0.914. The molecule has 5 heteroatoms. The standard InChI is InChI=1S/C5H4ClF2N2/c1-10-3-2-4(9-10)5(6,7)8/h3H,1H3. The Hall–Kier alpha value is -0.640. The molecule has 0 aliphatic carbocycles. The lowest BCUT2D eigenvalue weighted by Crippen LogP contribution is -2.05. The molecule has 2 nitrogen and oxygen atoms in total. The molecule has 1 aromatic rings. The van der Waals surface area contributed by atoms with Crippen LogP contribution in [0.15, 0.2) is 6.20 Å². The van der Waals surface area contributed by atoms with E-state index in [0.29, 0.717) is 0 Å². The summed E-state index contributed by atoms with van der Waals surface area (Å²) in [5.74, 6) is 0. The number of halogens is 3. The van der Waals surface area contributed by atoms with E-state index >= 15 is 0 Å². The Bertz CT molecular complexity index is 228. The van der Waals surface area contributed by atoms with Crippen LogP contribution in [0.5, 0.6) is 0 Å². The SMILES string of the molecule is Cn1c[c]c(C(F)(F)Cl)n1. The van der Waals surface area contributed by atoms with Crippen LogP contribution in [0, 0.1) is 6.07 Å². The van der Waals surface area contributed by atoms with E-state index in [9.17, 15) is 8.78 Å². The molecular formula is C5H4ClF2N2. The molecule has 0 amide bonds. The number of rotatable bonds is 1. The van der Waals surface area contributed by atoms with Gasteiger partial charge in [0, 0.05) is 19.3 Å². The average molecular weight is 166 g/mol. The van der Waals surface area contributed by atoms with E-state index in [4.69, 9.17) is 0 Å². The second kappa shape index (κ2) is 2.20. The Balaban J connectivity index is 2.96. The van der Waals surface area contributed by atoms with Gasteiger partial charge in [0.05, 0.1) is 0 Å². The highest BCUT2D eigenvalue weighted by atomic mass is 35.5. The van der Waals surface area contributed by atoms with E-state index in [1.807, 2.05) is 0 Å². The minimum Gasteiger partial charge on any atom is -0.275 e. The van der Waals surface area contributed by atoms with Gasteiger partial charge in [0.15, 0.2) is 5.69 Å². The topological polar surface area (TPSA) is 17.8 Å². The predicted octanol–water partition coefficient (Wildman–Crippen LogP) is 1.51. The van der Waals surface area contributed by atoms with Gasteiger partial charge in [0.1, 0.15) is 0 Å². The molecule has 0 unspecified atom stereocenters. The zero-order valence-corrected chi connectivity index (χ0v) is 5.86. The number of aromatic nitrogens is 2. The van der Waals surface area contributed by atoms with Gasteiger partial charge in [-0.15, -0.1) is 0 Å². The van der Waals surface area contributed by atoms with Crippen LogP contribution in [0.1, 0.15) is 5.69 Å². The van der Waals surface area contributed by atoms with Crippen LogP contribution in [-0.2, 0) is 12.4 Å². The van der Waals surface area contributed by atoms with E-state index in [0.717, 1.165) is 0 Å². The molecule has 0 aliphatic heterocycles. The van der Waals surface area contributed by atoms with Crippen molar-refractivity contribution in [3.63, 3.8) is 0 Å². The number of alkyl halides is 3. The molecule has 0 aliphatic rings. The van der Waals surface area contributed by atoms with Crippen molar-refractivity contribution in [1.29, 1.82) is 0 Å². The van der Waals surface area contributed by atoms with Gasteiger partial charge in [-0.25, -0.2) is 0 Å². The van der Waals surface area contributed by atoms with Crippen molar-refractivity contribution in [3.8, 4) is 0 Å². The summed E-state index contributed by atoms with van der Waals surface area (Å²) < 4.78 is 25.5. The van der Waals surface area contributed by atoms with Crippen molar-refractivity contribution in [2.24, 2.45) is 7.05 Å². The van der Waals surface area contributed by atoms with E-state index in [1.165, 1.54) is 17.9 Å². The van der Waals surface area contributed by atoms with E-state index < -0.39 is 11.1 Å². The van der Waals surface area contributed by atoms with E-state index in [2.05, 4.69) is 22.8 Å². The molecule has 0 aromatic carbocycles. The van der Waals surface area contributed by atoms with Gasteiger partial charge >= 0.3 is 5.38 Å². The maximum Gasteiger partial charge on any atom is 0.367 e. The quantitative estimate of drug-likeness (QED) is 0.577. The minimum atomic E-state index is -3.40. The summed E-state index contributed by atoms with van der Waals surface area (Å²) in [5, 5.41) is -0.0404. The van der Waals surface area contributed by atoms with Crippen LogP contribution in [0.25, 0.3) is 0 Å². The molecule has 0 fully saturated rings. The van der Waals surface area contributed by atoms with Crippen molar-refractivity contribution in [1.82, 2.24) is 9.78 Å². The van der Waals surface area contributed by atoms with Crippen LogP contribution in [0.2, 0.25) is 0 Å². The molecule has 0 bridgehead atoms. The molecule has 1 rings (SSSR count). The van der Waals surface area contributed by atoms with Gasteiger partial charge in [-0.3, -0.25) is 4.68 Å². The summed E-state index contributed by atoms with van der Waals surface area (Å²) in [6, 6.07) is 2.22. The summed E-state index contributed by atoms with van der Waals surface area (Å²) in [6.45, 7) is 0. The van der Waals surface area contributed by atoms with E-state index in [1.54, 1.807) is 0 Å². The van der Waals surface area contributed by atoms with Gasteiger partial charge < -0.3 is 0 Å². The number of nitrogens with zero attached hydrogens (tertiary/aromatic N) is 2. The predicted molar refractivity (Wildman–Crippen MR) is 31.8 cm³/mol. The normalized spacial score (nSPS) is 12.0. The van der Waals surface area contributed by atoms with E-state index in [-0.39, 0.29) is 0 Å². The first-order valence-corrected chi connectivity index (χ1v) is 2.86. The van der Waals surface area contributed by atoms with Crippen LogP contribution < -0.4 is 0 Å². The van der Waals surface area contributed by atoms with Crippen LogP contribution in [0.4, 0.5) is 8.78 Å². The molecule has 0 spiro atoms. The van der Waals surface area contributed by atoms with Gasteiger partial charge in [-0.2, -0.15) is 13.9 Å². The highest BCUT2D eigenvalue weighted by molar-refractivity contribution is 6.21. The Labute approximate surface area is 61.4 Å². The third-order valence-corrected chi connectivity index (χ3v) is 1.09. The van der Waals surface area contributed by atoms with Crippen molar-refractivity contribution >= 4 is 11.6 Å². The second-order valence-corrected chi connectivity index (χ2v) is 2.27. The fraction of sp³-hybridized carbons (Fsp3) is 0.400. The molecule has 1 radical (unpaired) electrons. The van der Waals surface area contributed by atoms with Gasteiger partial charge in [-0.05, 0) is 11.6 Å². The minimum absolute atomic E-state index is 0.545. The number of hydrogen-bond acceptors (Lipinski definition) is 1. The lowest BCUT2D eigenvalue weighted by atomic mass is 10.5. The summed E-state index contributed by atoms with van der Waals surface area (Å²) in [6.07, 6.45) is 1.28. The third kappa shape index (κ3) is 1.44. The summed E-state index contributed by atoms with van der Waals surface area (Å²) in [5.41, 5.74) is -0.545. The second-order valence-electron chi connectivity index (χ2n) is 1.79. The Morgan fingerprint density at radius 2 is 2.40 bits per heavy atom. The first-order valence-electron chi connectivity index (χ1n) is 2.48. The Morgan fingerprint density at radius 3 is 2.60 bits per heavy atom. The lowest BCUT2D eigenvalue weighted by molar-refractivity contribution is 0.0890. The molecule has 0 atom stereocenters. The van der Waals surface area contributed by atoms with Gasteiger partial charge in [-0.1, -0.05) is 0 Å². The van der Waals surface area contributed by atoms with Crippen molar-refractivity contribution in [3.05, 3.63) is 18.0 Å². The first-order chi connectivity index (χ1) is 4.50. The zero-order valence-electron chi connectivity index (χ0n) is 5.11. The van der Waals surface area contributed by atoms with Crippen LogP contribution >= 0.6 is 11.6 Å². The van der Waals surface area contributed by atoms with Crippen molar-refractivity contribution in [2.75, 3.05) is 0 Å². The van der Waals surface area contributed by atoms with Gasteiger partial charge in [0.2, 0.25) is 0 Å². The van der Waals surface area contributed by atoms with Crippen molar-refractivity contribution < 1.29 is 8.78 Å². The summed E-state index contributed by atoms with van der Waals surface area (Å²) in [7, 11) is 1.52. The molecule has 1 aromatic heterocycles. The smallest absolute Gasteiger partial charge is 0.275 e. The maximum atomic E-state index is 12.1. The summed E-state index contributed by atoms with van der Waals surface area (Å²) in [4.78, 5) is 0. The monoisotopic (exact) mass is 165 g/mol. The fourth-order valence-electron chi connectivity index (χ4n) is 0.509. The number of aryl methyl sites for hydroxylation is 1. The molecule has 0 saturated heterocycles.